The molecule has 6 nitrogen and oxygen atoms in total. The first-order chi connectivity index (χ1) is 9.41. The molecule has 0 saturated heterocycles. The van der Waals surface area contributed by atoms with E-state index < -0.39 is 10.8 Å². The minimum atomic E-state index is -0.570. The molecule has 0 fully saturated rings. The van der Waals surface area contributed by atoms with Crippen LogP contribution < -0.4 is 0 Å². The third-order valence-corrected chi connectivity index (χ3v) is 3.33. The first-order valence-corrected chi connectivity index (χ1v) is 6.56. The van der Waals surface area contributed by atoms with E-state index in [-0.39, 0.29) is 22.7 Å². The summed E-state index contributed by atoms with van der Waals surface area (Å²) in [6, 6.07) is 3.79. The number of hydrogen-bond donors (Lipinski definition) is 0. The topological polar surface area (TPSA) is 80.5 Å². The summed E-state index contributed by atoms with van der Waals surface area (Å²) in [7, 11) is 0. The smallest absolute Gasteiger partial charge is 0.270 e. The number of nitro benzene ring substituents is 1. The summed E-state index contributed by atoms with van der Waals surface area (Å²) in [5, 5.41) is 10.7. The Morgan fingerprint density at radius 3 is 2.45 bits per heavy atom. The largest absolute Gasteiger partial charge is 0.274 e. The molecule has 1 aliphatic rings. The Morgan fingerprint density at radius 1 is 1.20 bits per heavy atom. The Bertz CT molecular complexity index is 581. The maximum Gasteiger partial charge on any atom is 0.270 e. The lowest BCUT2D eigenvalue weighted by Gasteiger charge is -2.14. The van der Waals surface area contributed by atoms with E-state index in [4.69, 9.17) is 0 Å². The quantitative estimate of drug-likeness (QED) is 0.470. The lowest BCUT2D eigenvalue weighted by Crippen LogP contribution is -2.30. The lowest BCUT2D eigenvalue weighted by molar-refractivity contribution is -0.384. The fourth-order valence-electron chi connectivity index (χ4n) is 2.25. The summed E-state index contributed by atoms with van der Waals surface area (Å²) in [4.78, 5) is 35.6. The second-order valence-electron chi connectivity index (χ2n) is 5.29. The Labute approximate surface area is 116 Å². The number of carbonyl (C=O) groups is 2. The van der Waals surface area contributed by atoms with Crippen molar-refractivity contribution in [3.8, 4) is 0 Å². The summed E-state index contributed by atoms with van der Waals surface area (Å²) >= 11 is 0. The van der Waals surface area contributed by atoms with Gasteiger partial charge in [-0.05, 0) is 24.8 Å². The molecule has 0 bridgehead atoms. The van der Waals surface area contributed by atoms with Crippen molar-refractivity contribution in [1.29, 1.82) is 0 Å². The predicted octanol–water partition coefficient (Wildman–Crippen LogP) is 2.63. The summed E-state index contributed by atoms with van der Waals surface area (Å²) < 4.78 is 0. The molecular formula is C14H16N2O4. The molecule has 6 heteroatoms. The standard InChI is InChI=1S/C14H16N2O4/c1-9(2)4-3-7-15-13(17)11-6-5-10(16(19)20)8-12(11)14(15)18/h5-6,8-9H,3-4,7H2,1-2H3. The van der Waals surface area contributed by atoms with E-state index in [1.807, 2.05) is 0 Å². The number of nitro groups is 1. The summed E-state index contributed by atoms with van der Waals surface area (Å²) in [5.74, 6) is -0.285. The van der Waals surface area contributed by atoms with Gasteiger partial charge in [-0.3, -0.25) is 24.6 Å². The molecule has 106 valence electrons. The number of benzene rings is 1. The third kappa shape index (κ3) is 2.54. The number of fused-ring (bicyclic) bond motifs is 1. The average molecular weight is 276 g/mol. The highest BCUT2D eigenvalue weighted by atomic mass is 16.6. The zero-order valence-electron chi connectivity index (χ0n) is 11.5. The number of non-ortho nitro benzene ring substituents is 1. The summed E-state index contributed by atoms with van der Waals surface area (Å²) in [6.07, 6.45) is 1.67. The SMILES string of the molecule is CC(C)CCCN1C(=O)c2ccc([N+](=O)[O-])cc2C1=O. The van der Waals surface area contributed by atoms with E-state index in [1.54, 1.807) is 0 Å². The van der Waals surface area contributed by atoms with Crippen molar-refractivity contribution in [1.82, 2.24) is 4.90 Å². The molecule has 1 aromatic rings. The van der Waals surface area contributed by atoms with Gasteiger partial charge in [-0.1, -0.05) is 13.8 Å². The van der Waals surface area contributed by atoms with E-state index >= 15 is 0 Å². The van der Waals surface area contributed by atoms with Gasteiger partial charge in [0.1, 0.15) is 0 Å². The van der Waals surface area contributed by atoms with Crippen LogP contribution in [0.3, 0.4) is 0 Å². The number of nitrogens with zero attached hydrogens (tertiary/aromatic N) is 2. The Kier molecular flexibility index (Phi) is 3.83. The first-order valence-electron chi connectivity index (χ1n) is 6.56. The molecule has 0 unspecified atom stereocenters. The molecule has 1 aromatic carbocycles. The van der Waals surface area contributed by atoms with Crippen LogP contribution >= 0.6 is 0 Å². The van der Waals surface area contributed by atoms with Gasteiger partial charge in [0, 0.05) is 18.7 Å². The molecule has 1 aliphatic heterocycles. The average Bonchev–Trinajstić information content (AvgIpc) is 2.63. The first kappa shape index (κ1) is 14.2. The number of carbonyl (C=O) groups excluding carboxylic acids is 2. The number of rotatable bonds is 5. The zero-order valence-corrected chi connectivity index (χ0v) is 11.5. The van der Waals surface area contributed by atoms with Crippen molar-refractivity contribution in [2.75, 3.05) is 6.54 Å². The molecule has 0 saturated carbocycles. The maximum absolute atomic E-state index is 12.1. The van der Waals surface area contributed by atoms with Crippen LogP contribution in [0.2, 0.25) is 0 Å². The van der Waals surface area contributed by atoms with Gasteiger partial charge in [-0.25, -0.2) is 0 Å². The Morgan fingerprint density at radius 2 is 1.85 bits per heavy atom. The van der Waals surface area contributed by atoms with Crippen molar-refractivity contribution in [2.24, 2.45) is 5.92 Å². The molecule has 0 radical (unpaired) electrons. The minimum Gasteiger partial charge on any atom is -0.274 e. The summed E-state index contributed by atoms with van der Waals surface area (Å²) in [5.41, 5.74) is 0.216. The molecule has 0 spiro atoms. The molecule has 20 heavy (non-hydrogen) atoms. The van der Waals surface area contributed by atoms with Gasteiger partial charge in [0.05, 0.1) is 16.1 Å². The van der Waals surface area contributed by atoms with Gasteiger partial charge in [-0.15, -0.1) is 0 Å². The van der Waals surface area contributed by atoms with Gasteiger partial charge < -0.3 is 0 Å². The third-order valence-electron chi connectivity index (χ3n) is 3.33. The molecule has 1 heterocycles. The predicted molar refractivity (Wildman–Crippen MR) is 72.5 cm³/mol. The Hall–Kier alpha value is -2.24. The van der Waals surface area contributed by atoms with E-state index in [0.717, 1.165) is 12.8 Å². The van der Waals surface area contributed by atoms with Crippen molar-refractivity contribution >= 4 is 17.5 Å². The second-order valence-corrected chi connectivity index (χ2v) is 5.29. The highest BCUT2D eigenvalue weighted by molar-refractivity contribution is 6.21. The van der Waals surface area contributed by atoms with Crippen LogP contribution in [-0.4, -0.2) is 28.2 Å². The van der Waals surface area contributed by atoms with E-state index in [2.05, 4.69) is 13.8 Å². The van der Waals surface area contributed by atoms with Crippen molar-refractivity contribution in [2.45, 2.75) is 26.7 Å². The molecule has 0 N–H and O–H groups in total. The van der Waals surface area contributed by atoms with Crippen molar-refractivity contribution in [3.63, 3.8) is 0 Å². The van der Waals surface area contributed by atoms with Crippen LogP contribution in [0.1, 0.15) is 47.4 Å². The normalized spacial score (nSPS) is 14.1. The van der Waals surface area contributed by atoms with Gasteiger partial charge in [0.25, 0.3) is 17.5 Å². The monoisotopic (exact) mass is 276 g/mol. The van der Waals surface area contributed by atoms with Crippen LogP contribution in [0.25, 0.3) is 0 Å². The number of amides is 2. The minimum absolute atomic E-state index is 0.133. The van der Waals surface area contributed by atoms with Crippen LogP contribution in [0.5, 0.6) is 0 Å². The second kappa shape index (κ2) is 5.40. The van der Waals surface area contributed by atoms with Crippen LogP contribution in [-0.2, 0) is 0 Å². The molecule has 0 atom stereocenters. The van der Waals surface area contributed by atoms with E-state index in [9.17, 15) is 19.7 Å². The zero-order chi connectivity index (χ0) is 14.9. The van der Waals surface area contributed by atoms with Crippen LogP contribution in [0, 0.1) is 16.0 Å². The number of imide groups is 1. The van der Waals surface area contributed by atoms with Gasteiger partial charge >= 0.3 is 0 Å². The maximum atomic E-state index is 12.1. The van der Waals surface area contributed by atoms with Crippen molar-refractivity contribution in [3.05, 3.63) is 39.4 Å². The Balaban J connectivity index is 2.19. The lowest BCUT2D eigenvalue weighted by atomic mass is 10.1. The molecule has 0 aliphatic carbocycles. The van der Waals surface area contributed by atoms with Crippen LogP contribution in [0.4, 0.5) is 5.69 Å². The van der Waals surface area contributed by atoms with E-state index in [0.29, 0.717) is 12.5 Å². The van der Waals surface area contributed by atoms with Gasteiger partial charge in [0.15, 0.2) is 0 Å². The van der Waals surface area contributed by atoms with Crippen molar-refractivity contribution < 1.29 is 14.5 Å². The molecule has 2 amide bonds. The highest BCUT2D eigenvalue weighted by Gasteiger charge is 2.36. The van der Waals surface area contributed by atoms with Gasteiger partial charge in [-0.2, -0.15) is 0 Å². The highest BCUT2D eigenvalue weighted by Crippen LogP contribution is 2.27. The number of hydrogen-bond acceptors (Lipinski definition) is 4. The molecule has 0 aromatic heterocycles. The fraction of sp³-hybridized carbons (Fsp3) is 0.429. The molecule has 2 rings (SSSR count). The van der Waals surface area contributed by atoms with E-state index in [1.165, 1.54) is 23.1 Å². The summed E-state index contributed by atoms with van der Waals surface area (Å²) in [6.45, 7) is 4.51. The van der Waals surface area contributed by atoms with Crippen LogP contribution in [0.15, 0.2) is 18.2 Å². The fourth-order valence-corrected chi connectivity index (χ4v) is 2.25. The molecular weight excluding hydrogens is 260 g/mol. The van der Waals surface area contributed by atoms with Gasteiger partial charge in [0.2, 0.25) is 0 Å².